The molecule has 2 aromatic heterocycles. The normalized spacial score (nSPS) is 17.7. The van der Waals surface area contributed by atoms with E-state index in [1.165, 1.54) is 0 Å². The highest BCUT2D eigenvalue weighted by Gasteiger charge is 2.23. The van der Waals surface area contributed by atoms with E-state index in [-0.39, 0.29) is 0 Å². The van der Waals surface area contributed by atoms with Gasteiger partial charge in [0.25, 0.3) is 0 Å². The molecule has 0 amide bonds. The van der Waals surface area contributed by atoms with E-state index in [2.05, 4.69) is 27.2 Å². The van der Waals surface area contributed by atoms with Crippen LogP contribution in [0.25, 0.3) is 17.1 Å². The van der Waals surface area contributed by atoms with Gasteiger partial charge in [-0.25, -0.2) is 4.68 Å². The first-order valence-corrected chi connectivity index (χ1v) is 8.64. The maximum Gasteiger partial charge on any atom is 0.227 e. The minimum Gasteiger partial charge on any atom is -0.494 e. The molecule has 0 saturated carbocycles. The number of para-hydroxylation sites is 2. The second kappa shape index (κ2) is 6.80. The lowest BCUT2D eigenvalue weighted by Crippen LogP contribution is -2.15. The largest absolute Gasteiger partial charge is 0.494 e. The molecule has 8 nitrogen and oxygen atoms in total. The van der Waals surface area contributed by atoms with Crippen molar-refractivity contribution in [3.63, 3.8) is 0 Å². The van der Waals surface area contributed by atoms with Crippen molar-refractivity contribution in [2.24, 2.45) is 5.92 Å². The van der Waals surface area contributed by atoms with Gasteiger partial charge in [-0.15, -0.1) is 0 Å². The molecule has 136 valence electrons. The molecular formula is C18H22N6O2. The highest BCUT2D eigenvalue weighted by molar-refractivity contribution is 5.70. The number of hydrogen-bond acceptors (Lipinski definition) is 7. The molecule has 3 aromatic rings. The number of rotatable bonds is 5. The number of nitrogens with zero attached hydrogens (tertiary/aromatic N) is 5. The summed E-state index contributed by atoms with van der Waals surface area (Å²) in [6.45, 7) is 2.18. The topological polar surface area (TPSA) is 95.2 Å². The Bertz CT molecular complexity index is 903. The number of benzene rings is 1. The van der Waals surface area contributed by atoms with Gasteiger partial charge in [-0.1, -0.05) is 17.3 Å². The number of aromatic nitrogens is 4. The maximum atomic E-state index is 6.30. The van der Waals surface area contributed by atoms with Gasteiger partial charge in [-0.05, 0) is 38.1 Å². The summed E-state index contributed by atoms with van der Waals surface area (Å²) in [5, 5.41) is 8.47. The summed E-state index contributed by atoms with van der Waals surface area (Å²) in [6.07, 6.45) is 3.60. The van der Waals surface area contributed by atoms with Gasteiger partial charge < -0.3 is 19.9 Å². The third kappa shape index (κ3) is 3.03. The molecule has 1 saturated heterocycles. The third-order valence-electron chi connectivity index (χ3n) is 4.78. The van der Waals surface area contributed by atoms with Gasteiger partial charge in [0.2, 0.25) is 11.7 Å². The van der Waals surface area contributed by atoms with Crippen LogP contribution in [-0.4, -0.2) is 52.1 Å². The van der Waals surface area contributed by atoms with Gasteiger partial charge in [-0.3, -0.25) is 0 Å². The summed E-state index contributed by atoms with van der Waals surface area (Å²) >= 11 is 0. The van der Waals surface area contributed by atoms with Crippen molar-refractivity contribution < 1.29 is 9.26 Å². The van der Waals surface area contributed by atoms with E-state index >= 15 is 0 Å². The quantitative estimate of drug-likeness (QED) is 0.749. The number of methoxy groups -OCH3 is 1. The molecule has 0 spiro atoms. The Kier molecular flexibility index (Phi) is 4.34. The highest BCUT2D eigenvalue weighted by atomic mass is 16.5. The zero-order valence-electron chi connectivity index (χ0n) is 14.9. The Morgan fingerprint density at radius 2 is 2.19 bits per heavy atom. The fourth-order valence-electron chi connectivity index (χ4n) is 3.41. The Morgan fingerprint density at radius 3 is 2.96 bits per heavy atom. The van der Waals surface area contributed by atoms with Crippen molar-refractivity contribution in [1.29, 1.82) is 0 Å². The van der Waals surface area contributed by atoms with E-state index in [9.17, 15) is 0 Å². The predicted molar refractivity (Wildman–Crippen MR) is 97.1 cm³/mol. The van der Waals surface area contributed by atoms with Gasteiger partial charge in [0, 0.05) is 13.0 Å². The summed E-state index contributed by atoms with van der Waals surface area (Å²) in [6, 6.07) is 7.56. The third-order valence-corrected chi connectivity index (χ3v) is 4.78. The molecule has 3 heterocycles. The minimum absolute atomic E-state index is 0.447. The monoisotopic (exact) mass is 354 g/mol. The molecule has 2 N–H and O–H groups in total. The van der Waals surface area contributed by atoms with Gasteiger partial charge in [0.05, 0.1) is 18.9 Å². The van der Waals surface area contributed by atoms with Crippen LogP contribution in [0.1, 0.15) is 12.3 Å². The number of nitrogens with two attached hydrogens (primary N) is 1. The molecule has 1 unspecified atom stereocenters. The average molecular weight is 354 g/mol. The summed E-state index contributed by atoms with van der Waals surface area (Å²) in [5.41, 5.74) is 7.71. The molecule has 0 radical (unpaired) electrons. The molecule has 4 rings (SSSR count). The average Bonchev–Trinajstić information content (AvgIpc) is 3.36. The number of likely N-dealkylation sites (tertiary alicyclic amines) is 1. The van der Waals surface area contributed by atoms with Crippen LogP contribution in [0.15, 0.2) is 35.0 Å². The molecule has 8 heteroatoms. The zero-order chi connectivity index (χ0) is 18.1. The fourth-order valence-corrected chi connectivity index (χ4v) is 3.41. The molecule has 0 bridgehead atoms. The van der Waals surface area contributed by atoms with Gasteiger partial charge >= 0.3 is 0 Å². The Morgan fingerprint density at radius 1 is 1.35 bits per heavy atom. The van der Waals surface area contributed by atoms with Crippen molar-refractivity contribution in [3.8, 4) is 22.8 Å². The molecule has 1 aliphatic heterocycles. The fraction of sp³-hybridized carbons (Fsp3) is 0.389. The molecular weight excluding hydrogens is 332 g/mol. The zero-order valence-corrected chi connectivity index (χ0v) is 14.9. The Labute approximate surface area is 151 Å². The van der Waals surface area contributed by atoms with Gasteiger partial charge in [-0.2, -0.15) is 10.1 Å². The van der Waals surface area contributed by atoms with Crippen LogP contribution in [0.3, 0.4) is 0 Å². The van der Waals surface area contributed by atoms with Gasteiger partial charge in [0.1, 0.15) is 17.3 Å². The van der Waals surface area contributed by atoms with Crippen LogP contribution in [0.4, 0.5) is 5.82 Å². The number of anilines is 1. The van der Waals surface area contributed by atoms with Crippen molar-refractivity contribution in [2.45, 2.75) is 12.8 Å². The van der Waals surface area contributed by atoms with Crippen LogP contribution < -0.4 is 10.5 Å². The van der Waals surface area contributed by atoms with Gasteiger partial charge in [0.15, 0.2) is 0 Å². The van der Waals surface area contributed by atoms with Crippen LogP contribution in [0.5, 0.6) is 5.75 Å². The summed E-state index contributed by atoms with van der Waals surface area (Å²) in [7, 11) is 3.75. The lowest BCUT2D eigenvalue weighted by Gasteiger charge is -2.09. The van der Waals surface area contributed by atoms with E-state index in [1.807, 2.05) is 24.3 Å². The molecule has 1 fully saturated rings. The molecule has 0 aliphatic carbocycles. The second-order valence-corrected chi connectivity index (χ2v) is 6.66. The van der Waals surface area contributed by atoms with E-state index < -0.39 is 0 Å². The number of ether oxygens (including phenoxy) is 1. The van der Waals surface area contributed by atoms with Crippen LogP contribution >= 0.6 is 0 Å². The summed E-state index contributed by atoms with van der Waals surface area (Å²) < 4.78 is 12.4. The molecule has 1 atom stereocenters. The van der Waals surface area contributed by atoms with Crippen molar-refractivity contribution in [3.05, 3.63) is 36.4 Å². The van der Waals surface area contributed by atoms with Crippen molar-refractivity contribution in [1.82, 2.24) is 24.8 Å². The van der Waals surface area contributed by atoms with Crippen LogP contribution in [0.2, 0.25) is 0 Å². The molecule has 1 aliphatic rings. The van der Waals surface area contributed by atoms with E-state index in [0.29, 0.717) is 34.8 Å². The lowest BCUT2D eigenvalue weighted by molar-refractivity contribution is 0.343. The summed E-state index contributed by atoms with van der Waals surface area (Å²) in [5.74, 6) is 2.80. The first-order chi connectivity index (χ1) is 12.7. The van der Waals surface area contributed by atoms with E-state index in [1.54, 1.807) is 18.0 Å². The Balaban J connectivity index is 1.59. The summed E-state index contributed by atoms with van der Waals surface area (Å²) in [4.78, 5) is 6.84. The standard InChI is InChI=1S/C18H22N6O2/c1-23-8-7-12(11-23)9-16-21-18(22-26-16)13-10-20-24(17(13)19)14-5-3-4-6-15(14)25-2/h3-6,10,12H,7-9,11,19H2,1-2H3. The minimum atomic E-state index is 0.447. The van der Waals surface area contributed by atoms with E-state index in [4.69, 9.17) is 15.0 Å². The van der Waals surface area contributed by atoms with Crippen molar-refractivity contribution >= 4 is 5.82 Å². The van der Waals surface area contributed by atoms with Crippen LogP contribution in [-0.2, 0) is 6.42 Å². The second-order valence-electron chi connectivity index (χ2n) is 6.66. The van der Waals surface area contributed by atoms with Crippen molar-refractivity contribution in [2.75, 3.05) is 33.0 Å². The first-order valence-electron chi connectivity index (χ1n) is 8.64. The maximum absolute atomic E-state index is 6.30. The highest BCUT2D eigenvalue weighted by Crippen LogP contribution is 2.30. The number of hydrogen-bond donors (Lipinski definition) is 1. The molecule has 26 heavy (non-hydrogen) atoms. The lowest BCUT2D eigenvalue weighted by atomic mass is 10.1. The first kappa shape index (κ1) is 16.6. The Hall–Kier alpha value is -2.87. The van der Waals surface area contributed by atoms with E-state index in [0.717, 1.165) is 31.6 Å². The smallest absolute Gasteiger partial charge is 0.227 e. The van der Waals surface area contributed by atoms with Crippen LogP contribution in [0, 0.1) is 5.92 Å². The SMILES string of the molecule is COc1ccccc1-n1ncc(-c2noc(CC3CCN(C)C3)n2)c1N. The predicted octanol–water partition coefficient (Wildman–Crippen LogP) is 2.01. The number of nitrogen functional groups attached to an aromatic ring is 1. The molecule has 1 aromatic carbocycles.